The molecule has 3 nitrogen and oxygen atoms in total. The molecule has 106 valence electrons. The van der Waals surface area contributed by atoms with Crippen LogP contribution in [0.25, 0.3) is 10.2 Å². The van der Waals surface area contributed by atoms with Gasteiger partial charge >= 0.3 is 0 Å². The molecule has 1 heterocycles. The van der Waals surface area contributed by atoms with E-state index in [1.54, 1.807) is 23.3 Å². The van der Waals surface area contributed by atoms with Gasteiger partial charge in [0.15, 0.2) is 5.13 Å². The first kappa shape index (κ1) is 13.8. The van der Waals surface area contributed by atoms with E-state index in [-0.39, 0.29) is 5.91 Å². The number of hydrogen-bond acceptors (Lipinski definition) is 3. The molecule has 2 aromatic carbocycles. The smallest absolute Gasteiger partial charge is 0.232 e. The Morgan fingerprint density at radius 2 is 1.86 bits per heavy atom. The molecule has 0 aliphatic rings. The molecule has 0 fully saturated rings. The van der Waals surface area contributed by atoms with Crippen LogP contribution in [0.5, 0.6) is 0 Å². The van der Waals surface area contributed by atoms with Crippen molar-refractivity contribution in [1.29, 1.82) is 0 Å². The number of nitrogens with zero attached hydrogens (tertiary/aromatic N) is 2. The molecule has 0 aliphatic heterocycles. The maximum absolute atomic E-state index is 12.4. The number of thiazole rings is 1. The number of hydrogen-bond donors (Lipinski definition) is 0. The minimum Gasteiger partial charge on any atom is -0.291 e. The van der Waals surface area contributed by atoms with Crippen LogP contribution >= 0.6 is 11.3 Å². The van der Waals surface area contributed by atoms with Crippen LogP contribution in [0.1, 0.15) is 11.1 Å². The Kier molecular flexibility index (Phi) is 3.71. The van der Waals surface area contributed by atoms with E-state index in [1.165, 1.54) is 5.56 Å². The minimum absolute atomic E-state index is 0.0536. The Labute approximate surface area is 127 Å². The quantitative estimate of drug-likeness (QED) is 0.736. The summed E-state index contributed by atoms with van der Waals surface area (Å²) < 4.78 is 1.10. The van der Waals surface area contributed by atoms with Gasteiger partial charge in [0, 0.05) is 7.05 Å². The number of benzene rings is 2. The Morgan fingerprint density at radius 3 is 2.57 bits per heavy atom. The van der Waals surface area contributed by atoms with Gasteiger partial charge in [-0.1, -0.05) is 53.3 Å². The average molecular weight is 296 g/mol. The van der Waals surface area contributed by atoms with Gasteiger partial charge in [-0.05, 0) is 24.6 Å². The molecule has 0 spiro atoms. The molecule has 0 saturated heterocycles. The van der Waals surface area contributed by atoms with Crippen molar-refractivity contribution >= 4 is 32.6 Å². The van der Waals surface area contributed by atoms with Crippen LogP contribution in [0, 0.1) is 6.92 Å². The number of likely N-dealkylation sites (N-methyl/N-ethyl adjacent to an activating group) is 1. The number of amides is 1. The second kappa shape index (κ2) is 5.66. The Morgan fingerprint density at radius 1 is 1.14 bits per heavy atom. The Bertz CT molecular complexity index is 744. The van der Waals surface area contributed by atoms with Crippen molar-refractivity contribution in [2.24, 2.45) is 0 Å². The number of anilines is 1. The van der Waals surface area contributed by atoms with Gasteiger partial charge < -0.3 is 0 Å². The molecule has 1 amide bonds. The fourth-order valence-corrected chi connectivity index (χ4v) is 3.05. The fraction of sp³-hybridized carbons (Fsp3) is 0.176. The lowest BCUT2D eigenvalue weighted by molar-refractivity contribution is -0.117. The van der Waals surface area contributed by atoms with Gasteiger partial charge in [-0.25, -0.2) is 4.98 Å². The largest absolute Gasteiger partial charge is 0.291 e. The number of aryl methyl sites for hydroxylation is 1. The number of carbonyl (C=O) groups excluding carboxylic acids is 1. The second-order valence-electron chi connectivity index (χ2n) is 5.08. The summed E-state index contributed by atoms with van der Waals surface area (Å²) >= 11 is 1.54. The summed E-state index contributed by atoms with van der Waals surface area (Å²) in [6.07, 6.45) is 0.396. The molecule has 0 N–H and O–H groups in total. The standard InChI is InChI=1S/C17H16N2OS/c1-12-7-9-13(10-8-12)11-16(20)19(2)17-18-14-5-3-4-6-15(14)21-17/h3-10H,11H2,1-2H3. The molecule has 0 saturated carbocycles. The highest BCUT2D eigenvalue weighted by Gasteiger charge is 2.15. The highest BCUT2D eigenvalue weighted by atomic mass is 32.1. The first-order chi connectivity index (χ1) is 10.1. The van der Waals surface area contributed by atoms with Crippen molar-refractivity contribution in [3.05, 3.63) is 59.7 Å². The van der Waals surface area contributed by atoms with E-state index >= 15 is 0 Å². The lowest BCUT2D eigenvalue weighted by Gasteiger charge is -2.13. The van der Waals surface area contributed by atoms with Gasteiger partial charge in [0.05, 0.1) is 16.6 Å². The maximum Gasteiger partial charge on any atom is 0.232 e. The van der Waals surface area contributed by atoms with Crippen LogP contribution in [-0.2, 0) is 11.2 Å². The molecular weight excluding hydrogens is 280 g/mol. The first-order valence-electron chi connectivity index (χ1n) is 6.81. The van der Waals surface area contributed by atoms with Crippen LogP contribution in [-0.4, -0.2) is 17.9 Å². The summed E-state index contributed by atoms with van der Waals surface area (Å²) in [5.41, 5.74) is 3.16. The van der Waals surface area contributed by atoms with Crippen LogP contribution in [0.15, 0.2) is 48.5 Å². The lowest BCUT2D eigenvalue weighted by Crippen LogP contribution is -2.27. The third-order valence-corrected chi connectivity index (χ3v) is 4.53. The van der Waals surface area contributed by atoms with E-state index in [2.05, 4.69) is 4.98 Å². The molecule has 1 aromatic heterocycles. The van der Waals surface area contributed by atoms with Crippen LogP contribution in [0.4, 0.5) is 5.13 Å². The van der Waals surface area contributed by atoms with Gasteiger partial charge in [-0.3, -0.25) is 9.69 Å². The van der Waals surface area contributed by atoms with Crippen LogP contribution in [0.2, 0.25) is 0 Å². The molecule has 3 aromatic rings. The summed E-state index contributed by atoms with van der Waals surface area (Å²) in [5, 5.41) is 0.744. The lowest BCUT2D eigenvalue weighted by atomic mass is 10.1. The molecule has 0 radical (unpaired) electrons. The number of fused-ring (bicyclic) bond motifs is 1. The Balaban J connectivity index is 1.78. The van der Waals surface area contributed by atoms with E-state index in [9.17, 15) is 4.79 Å². The highest BCUT2D eigenvalue weighted by molar-refractivity contribution is 7.22. The van der Waals surface area contributed by atoms with Crippen molar-refractivity contribution in [3.8, 4) is 0 Å². The average Bonchev–Trinajstić information content (AvgIpc) is 2.92. The van der Waals surface area contributed by atoms with E-state index in [0.29, 0.717) is 6.42 Å². The van der Waals surface area contributed by atoms with E-state index in [4.69, 9.17) is 0 Å². The predicted octanol–water partition coefficient (Wildman–Crippen LogP) is 3.81. The van der Waals surface area contributed by atoms with Crippen molar-refractivity contribution in [1.82, 2.24) is 4.98 Å². The number of rotatable bonds is 3. The second-order valence-corrected chi connectivity index (χ2v) is 6.09. The van der Waals surface area contributed by atoms with Crippen LogP contribution < -0.4 is 4.90 Å². The summed E-state index contributed by atoms with van der Waals surface area (Å²) in [6.45, 7) is 2.04. The summed E-state index contributed by atoms with van der Waals surface area (Å²) in [6, 6.07) is 16.0. The summed E-state index contributed by atoms with van der Waals surface area (Å²) in [7, 11) is 1.79. The van der Waals surface area contributed by atoms with Crippen LogP contribution in [0.3, 0.4) is 0 Å². The van der Waals surface area contributed by atoms with Gasteiger partial charge in [0.1, 0.15) is 0 Å². The number of aromatic nitrogens is 1. The van der Waals surface area contributed by atoms with E-state index in [1.807, 2.05) is 55.5 Å². The minimum atomic E-state index is 0.0536. The third-order valence-electron chi connectivity index (χ3n) is 3.42. The monoisotopic (exact) mass is 296 g/mol. The molecule has 21 heavy (non-hydrogen) atoms. The zero-order valence-electron chi connectivity index (χ0n) is 12.0. The van der Waals surface area contributed by atoms with Gasteiger partial charge in [0.2, 0.25) is 5.91 Å². The summed E-state index contributed by atoms with van der Waals surface area (Å²) in [4.78, 5) is 18.5. The molecular formula is C17H16N2OS. The normalized spacial score (nSPS) is 10.8. The maximum atomic E-state index is 12.4. The fourth-order valence-electron chi connectivity index (χ4n) is 2.11. The molecule has 0 atom stereocenters. The molecule has 3 rings (SSSR count). The first-order valence-corrected chi connectivity index (χ1v) is 7.63. The van der Waals surface area contributed by atoms with Crippen molar-refractivity contribution in [2.75, 3.05) is 11.9 Å². The van der Waals surface area contributed by atoms with E-state index in [0.717, 1.165) is 20.9 Å². The zero-order valence-corrected chi connectivity index (χ0v) is 12.9. The summed E-state index contributed by atoms with van der Waals surface area (Å²) in [5.74, 6) is 0.0536. The topological polar surface area (TPSA) is 33.2 Å². The third kappa shape index (κ3) is 2.95. The van der Waals surface area contributed by atoms with Gasteiger partial charge in [-0.15, -0.1) is 0 Å². The molecule has 4 heteroatoms. The molecule has 0 unspecified atom stereocenters. The SMILES string of the molecule is Cc1ccc(CC(=O)N(C)c2nc3ccccc3s2)cc1. The van der Waals surface area contributed by atoms with Crippen molar-refractivity contribution in [3.63, 3.8) is 0 Å². The number of carbonyl (C=O) groups is 1. The molecule has 0 bridgehead atoms. The Hall–Kier alpha value is -2.20. The molecule has 0 aliphatic carbocycles. The number of para-hydroxylation sites is 1. The van der Waals surface area contributed by atoms with Gasteiger partial charge in [0.25, 0.3) is 0 Å². The predicted molar refractivity (Wildman–Crippen MR) is 87.9 cm³/mol. The van der Waals surface area contributed by atoms with E-state index < -0.39 is 0 Å². The van der Waals surface area contributed by atoms with Gasteiger partial charge in [-0.2, -0.15) is 0 Å². The van der Waals surface area contributed by atoms with Crippen molar-refractivity contribution in [2.45, 2.75) is 13.3 Å². The van der Waals surface area contributed by atoms with Crippen molar-refractivity contribution < 1.29 is 4.79 Å². The zero-order chi connectivity index (χ0) is 14.8. The highest BCUT2D eigenvalue weighted by Crippen LogP contribution is 2.28.